The van der Waals surface area contributed by atoms with Crippen LogP contribution in [0.2, 0.25) is 10.0 Å². The summed E-state index contributed by atoms with van der Waals surface area (Å²) in [5.41, 5.74) is 0.837. The Kier molecular flexibility index (Phi) is 10.2. The Balaban J connectivity index is 0.00000230. The number of hydrogen-bond donors (Lipinski definition) is 2. The SMILES string of the molecule is CC.Cc1ccc(C2(NC(=O)C3(NC(=O)c4cnc(N(C)c5cc(Cl)cc(Cl)c5)n4[C@@](C)(C=O)Cc4ccc(C#N)cc4)CC3)CC2)nc1. The number of amides is 2. The van der Waals surface area contributed by atoms with Crippen LogP contribution in [0, 0.1) is 18.3 Å². The van der Waals surface area contributed by atoms with E-state index in [4.69, 9.17) is 23.2 Å². The zero-order valence-electron chi connectivity index (χ0n) is 28.2. The van der Waals surface area contributed by atoms with Gasteiger partial charge in [-0.2, -0.15) is 5.26 Å². The summed E-state index contributed by atoms with van der Waals surface area (Å²) in [7, 11) is 1.74. The van der Waals surface area contributed by atoms with Crippen molar-refractivity contribution in [1.82, 2.24) is 25.2 Å². The van der Waals surface area contributed by atoms with Crippen molar-refractivity contribution in [3.05, 3.63) is 105 Å². The quantitative estimate of drug-likeness (QED) is 0.165. The molecule has 2 aliphatic carbocycles. The Hall–Kier alpha value is -4.72. The Morgan fingerprint density at radius 3 is 2.18 bits per heavy atom. The van der Waals surface area contributed by atoms with Gasteiger partial charge in [-0.3, -0.25) is 19.1 Å². The second-order valence-corrected chi connectivity index (χ2v) is 13.6. The normalized spacial score (nSPS) is 16.1. The average Bonchev–Trinajstić information content (AvgIpc) is 4.01. The van der Waals surface area contributed by atoms with Gasteiger partial charge in [-0.15, -0.1) is 0 Å². The summed E-state index contributed by atoms with van der Waals surface area (Å²) < 4.78 is 1.58. The van der Waals surface area contributed by atoms with Crippen molar-refractivity contribution in [2.45, 2.75) is 76.4 Å². The summed E-state index contributed by atoms with van der Waals surface area (Å²) in [5.74, 6) is -0.521. The van der Waals surface area contributed by atoms with Crippen molar-refractivity contribution in [2.75, 3.05) is 11.9 Å². The zero-order chi connectivity index (χ0) is 35.6. The molecule has 0 aliphatic heterocycles. The molecule has 10 nitrogen and oxygen atoms in total. The molecule has 12 heteroatoms. The third-order valence-electron chi connectivity index (χ3n) is 8.96. The lowest BCUT2D eigenvalue weighted by Crippen LogP contribution is -2.52. The van der Waals surface area contributed by atoms with Crippen LogP contribution in [0.1, 0.15) is 79.3 Å². The molecule has 2 fully saturated rings. The summed E-state index contributed by atoms with van der Waals surface area (Å²) in [6.07, 6.45) is 6.63. The number of carbonyl (C=O) groups excluding carboxylic acids is 3. The third kappa shape index (κ3) is 7.33. The van der Waals surface area contributed by atoms with Gasteiger partial charge in [0, 0.05) is 35.4 Å². The predicted octanol–water partition coefficient (Wildman–Crippen LogP) is 6.78. The molecule has 2 heterocycles. The van der Waals surface area contributed by atoms with Crippen LogP contribution < -0.4 is 15.5 Å². The molecule has 2 aliphatic rings. The Morgan fingerprint density at radius 1 is 1.00 bits per heavy atom. The van der Waals surface area contributed by atoms with Crippen molar-refractivity contribution in [2.24, 2.45) is 0 Å². The first-order valence-corrected chi connectivity index (χ1v) is 17.0. The number of nitriles is 1. The molecule has 254 valence electrons. The van der Waals surface area contributed by atoms with Gasteiger partial charge >= 0.3 is 0 Å². The van der Waals surface area contributed by atoms with E-state index >= 15 is 0 Å². The number of hydrogen-bond acceptors (Lipinski definition) is 7. The maximum Gasteiger partial charge on any atom is 0.270 e. The Morgan fingerprint density at radius 2 is 1.65 bits per heavy atom. The van der Waals surface area contributed by atoms with Crippen LogP contribution in [-0.4, -0.2) is 45.2 Å². The molecule has 0 bridgehead atoms. The summed E-state index contributed by atoms with van der Waals surface area (Å²) in [6, 6.07) is 17.9. The fourth-order valence-electron chi connectivity index (χ4n) is 5.85. The molecule has 0 unspecified atom stereocenters. The first-order chi connectivity index (χ1) is 23.4. The number of aryl methyl sites for hydroxylation is 1. The highest BCUT2D eigenvalue weighted by Crippen LogP contribution is 2.47. The van der Waals surface area contributed by atoms with Crippen LogP contribution in [0.3, 0.4) is 0 Å². The standard InChI is InChI=1S/C35H33Cl2N7O3.C2H6/c1-22-4-9-29(39-19-22)34(10-11-34)42-31(47)35(12-13-35)41-30(46)28-20-40-32(43(3)27-15-25(36)14-26(37)16-27)44(28)33(2,21-45)17-23-5-7-24(18-38)8-6-23;1-2/h4-9,14-16,19-21H,10-13,17H2,1-3H3,(H,41,46)(H,42,47);1-2H3/t33-;/m1./s1. The van der Waals surface area contributed by atoms with Crippen molar-refractivity contribution < 1.29 is 14.4 Å². The van der Waals surface area contributed by atoms with Crippen molar-refractivity contribution >= 4 is 52.9 Å². The monoisotopic (exact) mass is 699 g/mol. The first kappa shape index (κ1) is 35.6. The molecule has 2 amide bonds. The minimum absolute atomic E-state index is 0.101. The molecule has 2 aromatic heterocycles. The summed E-state index contributed by atoms with van der Waals surface area (Å²) in [6.45, 7) is 7.67. The van der Waals surface area contributed by atoms with Gasteiger partial charge in [0.05, 0.1) is 29.1 Å². The van der Waals surface area contributed by atoms with E-state index in [-0.39, 0.29) is 24.0 Å². The van der Waals surface area contributed by atoms with E-state index in [2.05, 4.69) is 26.7 Å². The van der Waals surface area contributed by atoms with Gasteiger partial charge in [0.1, 0.15) is 23.1 Å². The lowest BCUT2D eigenvalue weighted by atomic mass is 9.93. The molecule has 2 N–H and O–H groups in total. The van der Waals surface area contributed by atoms with Crippen LogP contribution >= 0.6 is 23.2 Å². The molecule has 49 heavy (non-hydrogen) atoms. The van der Waals surface area contributed by atoms with Crippen LogP contribution in [-0.2, 0) is 27.1 Å². The molecular formula is C37H39Cl2N7O3. The van der Waals surface area contributed by atoms with E-state index < -0.39 is 22.5 Å². The average molecular weight is 701 g/mol. The smallest absolute Gasteiger partial charge is 0.270 e. The number of imidazole rings is 1. The predicted molar refractivity (Wildman–Crippen MR) is 190 cm³/mol. The van der Waals surface area contributed by atoms with E-state index in [1.807, 2.05) is 32.9 Å². The molecule has 2 aromatic carbocycles. The number of nitrogens with one attached hydrogen (secondary N) is 2. The topological polar surface area (TPSA) is 133 Å². The number of benzene rings is 2. The molecule has 0 radical (unpaired) electrons. The lowest BCUT2D eigenvalue weighted by Gasteiger charge is -2.32. The number of anilines is 2. The lowest BCUT2D eigenvalue weighted by molar-refractivity contribution is -0.125. The van der Waals surface area contributed by atoms with E-state index in [0.717, 1.165) is 35.9 Å². The number of aldehydes is 1. The number of aromatic nitrogens is 3. The number of nitrogens with zero attached hydrogens (tertiary/aromatic N) is 5. The molecular weight excluding hydrogens is 661 g/mol. The van der Waals surface area contributed by atoms with Gasteiger partial charge in [-0.25, -0.2) is 4.98 Å². The van der Waals surface area contributed by atoms with E-state index in [1.54, 1.807) is 72.1 Å². The zero-order valence-corrected chi connectivity index (χ0v) is 29.7. The number of rotatable bonds is 11. The molecule has 1 atom stereocenters. The molecule has 0 saturated heterocycles. The maximum absolute atomic E-state index is 14.1. The molecule has 6 rings (SSSR count). The highest BCUT2D eigenvalue weighted by molar-refractivity contribution is 6.35. The van der Waals surface area contributed by atoms with Gasteiger partial charge in [0.15, 0.2) is 0 Å². The maximum atomic E-state index is 14.1. The van der Waals surface area contributed by atoms with Gasteiger partial charge in [0.25, 0.3) is 5.91 Å². The highest BCUT2D eigenvalue weighted by Gasteiger charge is 2.56. The van der Waals surface area contributed by atoms with Crippen molar-refractivity contribution in [3.63, 3.8) is 0 Å². The highest BCUT2D eigenvalue weighted by atomic mass is 35.5. The number of pyridine rings is 1. The second-order valence-electron chi connectivity index (χ2n) is 12.7. The first-order valence-electron chi connectivity index (χ1n) is 16.2. The van der Waals surface area contributed by atoms with Crippen molar-refractivity contribution in [1.29, 1.82) is 5.26 Å². The van der Waals surface area contributed by atoms with Crippen LogP contribution in [0.15, 0.2) is 67.0 Å². The Labute approximate surface area is 296 Å². The number of carbonyl (C=O) groups is 3. The van der Waals surface area contributed by atoms with Crippen LogP contribution in [0.5, 0.6) is 0 Å². The summed E-state index contributed by atoms with van der Waals surface area (Å²) in [4.78, 5) is 51.7. The minimum Gasteiger partial charge on any atom is -0.343 e. The fraction of sp³-hybridized carbons (Fsp3) is 0.351. The molecule has 4 aromatic rings. The van der Waals surface area contributed by atoms with Gasteiger partial charge in [-0.1, -0.05) is 55.2 Å². The van der Waals surface area contributed by atoms with Gasteiger partial charge in [0.2, 0.25) is 11.9 Å². The largest absolute Gasteiger partial charge is 0.343 e. The second kappa shape index (κ2) is 14.0. The molecule has 0 spiro atoms. The third-order valence-corrected chi connectivity index (χ3v) is 9.40. The number of halogens is 2. The minimum atomic E-state index is -1.31. The van der Waals surface area contributed by atoms with Gasteiger partial charge < -0.3 is 20.3 Å². The molecule has 2 saturated carbocycles. The van der Waals surface area contributed by atoms with Crippen LogP contribution in [0.25, 0.3) is 0 Å². The summed E-state index contributed by atoms with van der Waals surface area (Å²) in [5, 5.41) is 16.2. The van der Waals surface area contributed by atoms with E-state index in [9.17, 15) is 19.6 Å². The summed E-state index contributed by atoms with van der Waals surface area (Å²) >= 11 is 12.6. The van der Waals surface area contributed by atoms with Crippen molar-refractivity contribution in [3.8, 4) is 6.07 Å². The van der Waals surface area contributed by atoms with E-state index in [1.165, 1.54) is 6.20 Å². The van der Waals surface area contributed by atoms with Crippen LogP contribution in [0.4, 0.5) is 11.6 Å². The fourth-order valence-corrected chi connectivity index (χ4v) is 6.36. The van der Waals surface area contributed by atoms with Gasteiger partial charge in [-0.05, 0) is 87.1 Å². The van der Waals surface area contributed by atoms with E-state index in [0.29, 0.717) is 34.1 Å². The Bertz CT molecular complexity index is 1890.